The van der Waals surface area contributed by atoms with Crippen molar-refractivity contribution >= 4 is 29.9 Å². The van der Waals surface area contributed by atoms with E-state index in [0.717, 1.165) is 12.1 Å². The lowest BCUT2D eigenvalue weighted by Gasteiger charge is -2.01. The van der Waals surface area contributed by atoms with E-state index in [0.29, 0.717) is 0 Å². The lowest BCUT2D eigenvalue weighted by Crippen LogP contribution is -1.95. The van der Waals surface area contributed by atoms with Crippen molar-refractivity contribution in [2.24, 2.45) is 0 Å². The average Bonchev–Trinajstić information content (AvgIpc) is 1.99. The Morgan fingerprint density at radius 1 is 1.08 bits per heavy atom. The van der Waals surface area contributed by atoms with Gasteiger partial charge in [0.1, 0.15) is 0 Å². The number of carboxylic acid groups (broad SMARTS) is 1. The van der Waals surface area contributed by atoms with Crippen molar-refractivity contribution in [3.8, 4) is 17.2 Å². The van der Waals surface area contributed by atoms with Gasteiger partial charge in [0.2, 0.25) is 0 Å². The highest BCUT2D eigenvalue weighted by molar-refractivity contribution is 14.0. The summed E-state index contributed by atoms with van der Waals surface area (Å²) in [5, 5.41) is 35.0. The highest BCUT2D eigenvalue weighted by atomic mass is 127. The number of aromatic carboxylic acids is 1. The predicted octanol–water partition coefficient (Wildman–Crippen LogP) is 1.12. The van der Waals surface area contributed by atoms with Gasteiger partial charge >= 0.3 is 5.97 Å². The van der Waals surface area contributed by atoms with Gasteiger partial charge in [0.25, 0.3) is 0 Å². The van der Waals surface area contributed by atoms with Crippen molar-refractivity contribution in [2.75, 3.05) is 0 Å². The van der Waals surface area contributed by atoms with Crippen LogP contribution in [0, 0.1) is 0 Å². The van der Waals surface area contributed by atoms with E-state index in [4.69, 9.17) is 20.4 Å². The van der Waals surface area contributed by atoms with Crippen molar-refractivity contribution in [1.29, 1.82) is 0 Å². The van der Waals surface area contributed by atoms with Crippen LogP contribution in [-0.4, -0.2) is 26.4 Å². The third-order valence-corrected chi connectivity index (χ3v) is 1.32. The first-order valence-corrected chi connectivity index (χ1v) is 3.00. The van der Waals surface area contributed by atoms with Gasteiger partial charge in [-0.2, -0.15) is 0 Å². The Bertz CT molecular complexity index is 313. The van der Waals surface area contributed by atoms with E-state index in [1.807, 2.05) is 0 Å². The molecule has 0 heterocycles. The van der Waals surface area contributed by atoms with Crippen LogP contribution in [0.5, 0.6) is 17.2 Å². The van der Waals surface area contributed by atoms with Crippen molar-refractivity contribution < 1.29 is 25.2 Å². The second-order valence-corrected chi connectivity index (χ2v) is 2.17. The molecule has 0 saturated carbocycles. The van der Waals surface area contributed by atoms with E-state index >= 15 is 0 Å². The SMILES string of the molecule is I.O=C(O)c1cc(O)c(O)c(O)c1. The van der Waals surface area contributed by atoms with E-state index < -0.39 is 23.2 Å². The van der Waals surface area contributed by atoms with Crippen LogP contribution in [0.2, 0.25) is 0 Å². The van der Waals surface area contributed by atoms with E-state index in [1.165, 1.54) is 0 Å². The number of phenolic OH excluding ortho intramolecular Hbond substituents is 3. The molecule has 1 aromatic carbocycles. The molecule has 0 bridgehead atoms. The Hall–Kier alpha value is -1.18. The maximum absolute atomic E-state index is 10.3. The molecular weight excluding hydrogens is 291 g/mol. The first-order valence-electron chi connectivity index (χ1n) is 3.00. The van der Waals surface area contributed by atoms with Crippen molar-refractivity contribution in [3.05, 3.63) is 17.7 Å². The van der Waals surface area contributed by atoms with Gasteiger partial charge in [0.15, 0.2) is 17.2 Å². The van der Waals surface area contributed by atoms with Gasteiger partial charge in [0.05, 0.1) is 5.56 Å². The molecular formula is C7H7IO5. The van der Waals surface area contributed by atoms with Gasteiger partial charge in [-0.1, -0.05) is 0 Å². The zero-order valence-electron chi connectivity index (χ0n) is 6.26. The molecule has 6 heteroatoms. The number of benzene rings is 1. The predicted molar refractivity (Wildman–Crippen MR) is 53.8 cm³/mol. The number of halogens is 1. The molecule has 0 aliphatic carbocycles. The Balaban J connectivity index is 0.00000144. The Kier molecular flexibility index (Phi) is 3.79. The normalized spacial score (nSPS) is 8.92. The number of carbonyl (C=O) groups is 1. The quantitative estimate of drug-likeness (QED) is 0.460. The minimum atomic E-state index is -1.29. The summed E-state index contributed by atoms with van der Waals surface area (Å²) in [5.74, 6) is -3.33. The first kappa shape index (κ1) is 11.8. The summed E-state index contributed by atoms with van der Waals surface area (Å²) < 4.78 is 0. The number of rotatable bonds is 1. The summed E-state index contributed by atoms with van der Waals surface area (Å²) >= 11 is 0. The van der Waals surface area contributed by atoms with Gasteiger partial charge < -0.3 is 20.4 Å². The zero-order chi connectivity index (χ0) is 9.30. The number of phenols is 3. The maximum atomic E-state index is 10.3. The lowest BCUT2D eigenvalue weighted by molar-refractivity contribution is 0.0696. The van der Waals surface area contributed by atoms with Gasteiger partial charge in [-0.3, -0.25) is 0 Å². The van der Waals surface area contributed by atoms with Gasteiger partial charge in [-0.15, -0.1) is 24.0 Å². The van der Waals surface area contributed by atoms with Crippen LogP contribution >= 0.6 is 24.0 Å². The summed E-state index contributed by atoms with van der Waals surface area (Å²) in [7, 11) is 0. The summed E-state index contributed by atoms with van der Waals surface area (Å²) in [6, 6.07) is 1.69. The fourth-order valence-corrected chi connectivity index (χ4v) is 0.728. The van der Waals surface area contributed by atoms with Crippen molar-refractivity contribution in [2.45, 2.75) is 0 Å². The zero-order valence-corrected chi connectivity index (χ0v) is 8.59. The largest absolute Gasteiger partial charge is 0.504 e. The molecule has 0 aromatic heterocycles. The highest BCUT2D eigenvalue weighted by Gasteiger charge is 2.11. The highest BCUT2D eigenvalue weighted by Crippen LogP contribution is 2.35. The molecule has 5 nitrogen and oxygen atoms in total. The maximum Gasteiger partial charge on any atom is 0.335 e. The van der Waals surface area contributed by atoms with Crippen LogP contribution in [0.15, 0.2) is 12.1 Å². The lowest BCUT2D eigenvalue weighted by atomic mass is 10.2. The molecule has 0 radical (unpaired) electrons. The number of hydrogen-bond donors (Lipinski definition) is 4. The molecule has 0 amide bonds. The molecule has 0 aliphatic heterocycles. The molecule has 0 atom stereocenters. The molecule has 1 aromatic rings. The fraction of sp³-hybridized carbons (Fsp3) is 0. The van der Waals surface area contributed by atoms with Crippen LogP contribution in [0.25, 0.3) is 0 Å². The summed E-state index contributed by atoms with van der Waals surface area (Å²) in [6.45, 7) is 0. The molecule has 0 spiro atoms. The van der Waals surface area contributed by atoms with Gasteiger partial charge in [-0.05, 0) is 12.1 Å². The molecule has 0 fully saturated rings. The second kappa shape index (κ2) is 4.17. The van der Waals surface area contributed by atoms with Gasteiger partial charge in [0, 0.05) is 0 Å². The molecule has 72 valence electrons. The number of hydrogen-bond acceptors (Lipinski definition) is 4. The third kappa shape index (κ3) is 2.38. The number of carboxylic acids is 1. The van der Waals surface area contributed by atoms with Crippen molar-refractivity contribution in [1.82, 2.24) is 0 Å². The van der Waals surface area contributed by atoms with E-state index in [9.17, 15) is 4.79 Å². The minimum Gasteiger partial charge on any atom is -0.504 e. The van der Waals surface area contributed by atoms with Crippen LogP contribution in [0.1, 0.15) is 10.4 Å². The Morgan fingerprint density at radius 3 is 1.77 bits per heavy atom. The second-order valence-electron chi connectivity index (χ2n) is 2.17. The number of aromatic hydroxyl groups is 3. The van der Waals surface area contributed by atoms with Crippen molar-refractivity contribution in [3.63, 3.8) is 0 Å². The topological polar surface area (TPSA) is 98.0 Å². The third-order valence-electron chi connectivity index (χ3n) is 1.32. The smallest absolute Gasteiger partial charge is 0.335 e. The summed E-state index contributed by atoms with van der Waals surface area (Å²) in [6.07, 6.45) is 0. The fourth-order valence-electron chi connectivity index (χ4n) is 0.728. The van der Waals surface area contributed by atoms with E-state index in [2.05, 4.69) is 0 Å². The molecule has 0 aliphatic rings. The molecule has 13 heavy (non-hydrogen) atoms. The molecule has 4 N–H and O–H groups in total. The Labute approximate surface area is 90.3 Å². The minimum absolute atomic E-state index is 0. The molecule has 1 rings (SSSR count). The van der Waals surface area contributed by atoms with Crippen LogP contribution < -0.4 is 0 Å². The van der Waals surface area contributed by atoms with E-state index in [1.54, 1.807) is 0 Å². The Morgan fingerprint density at radius 2 is 1.46 bits per heavy atom. The van der Waals surface area contributed by atoms with Crippen LogP contribution in [-0.2, 0) is 0 Å². The average molecular weight is 298 g/mol. The van der Waals surface area contributed by atoms with Crippen LogP contribution in [0.4, 0.5) is 0 Å². The monoisotopic (exact) mass is 298 g/mol. The molecule has 0 saturated heterocycles. The molecule has 0 unspecified atom stereocenters. The van der Waals surface area contributed by atoms with Crippen LogP contribution in [0.3, 0.4) is 0 Å². The first-order chi connectivity index (χ1) is 5.52. The van der Waals surface area contributed by atoms with E-state index in [-0.39, 0.29) is 29.5 Å². The summed E-state index contributed by atoms with van der Waals surface area (Å²) in [4.78, 5) is 10.3. The van der Waals surface area contributed by atoms with Gasteiger partial charge in [-0.25, -0.2) is 4.79 Å². The summed E-state index contributed by atoms with van der Waals surface area (Å²) in [5.41, 5.74) is -0.289. The standard InChI is InChI=1S/C7H6O5.HI/c8-4-1-3(7(11)12)2-5(9)6(4)10;/h1-2,8-10H,(H,11,12);1H.